The lowest BCUT2D eigenvalue weighted by Gasteiger charge is -2.45. The Bertz CT molecular complexity index is 1040. The highest BCUT2D eigenvalue weighted by molar-refractivity contribution is 5.82. The molecule has 5 nitrogen and oxygen atoms in total. The maximum atomic E-state index is 14.0. The van der Waals surface area contributed by atoms with Crippen LogP contribution in [-0.2, 0) is 16.8 Å². The van der Waals surface area contributed by atoms with Crippen molar-refractivity contribution in [2.75, 3.05) is 26.2 Å². The minimum Gasteiger partial charge on any atom is -0.339 e. The largest absolute Gasteiger partial charge is 0.391 e. The van der Waals surface area contributed by atoms with Crippen molar-refractivity contribution in [1.82, 2.24) is 20.5 Å². The average Bonchev–Trinajstić information content (AvgIpc) is 3.22. The van der Waals surface area contributed by atoms with E-state index in [9.17, 15) is 18.0 Å². The summed E-state index contributed by atoms with van der Waals surface area (Å²) >= 11 is 0. The molecular formula is C26H31F3N4O. The molecule has 2 fully saturated rings. The molecule has 3 aliphatic heterocycles. The number of carbonyl (C=O) groups excluding carboxylic acids is 1. The van der Waals surface area contributed by atoms with E-state index in [1.54, 1.807) is 4.90 Å². The number of benzene rings is 1. The van der Waals surface area contributed by atoms with Gasteiger partial charge in [-0.1, -0.05) is 36.4 Å². The maximum Gasteiger partial charge on any atom is 0.391 e. The molecule has 2 N–H and O–H groups in total. The van der Waals surface area contributed by atoms with Gasteiger partial charge in [-0.2, -0.15) is 13.2 Å². The van der Waals surface area contributed by atoms with Crippen molar-refractivity contribution in [2.45, 2.75) is 56.3 Å². The smallest absolute Gasteiger partial charge is 0.339 e. The number of likely N-dealkylation sites (tertiary alicyclic amines) is 1. The summed E-state index contributed by atoms with van der Waals surface area (Å²) < 4.78 is 40.8. The van der Waals surface area contributed by atoms with Crippen molar-refractivity contribution in [3.63, 3.8) is 0 Å². The van der Waals surface area contributed by atoms with Crippen LogP contribution in [0.2, 0.25) is 0 Å². The predicted molar refractivity (Wildman–Crippen MR) is 123 cm³/mol. The van der Waals surface area contributed by atoms with Crippen LogP contribution in [0.5, 0.6) is 0 Å². The molecule has 4 atom stereocenters. The lowest BCUT2D eigenvalue weighted by Crippen LogP contribution is -2.57. The number of aryl methyl sites for hydroxylation is 1. The van der Waals surface area contributed by atoms with E-state index in [0.717, 1.165) is 22.5 Å². The van der Waals surface area contributed by atoms with E-state index >= 15 is 0 Å². The Labute approximate surface area is 198 Å². The van der Waals surface area contributed by atoms with Gasteiger partial charge in [-0.3, -0.25) is 9.78 Å². The van der Waals surface area contributed by atoms with Gasteiger partial charge in [0.25, 0.3) is 0 Å². The quantitative estimate of drug-likeness (QED) is 0.716. The molecule has 1 aromatic heterocycles. The number of nitrogens with one attached hydrogen (secondary N) is 2. The third-order valence-corrected chi connectivity index (χ3v) is 7.87. The number of pyridine rings is 1. The number of rotatable bonds is 3. The van der Waals surface area contributed by atoms with Gasteiger partial charge in [0.2, 0.25) is 5.91 Å². The lowest BCUT2D eigenvalue weighted by atomic mass is 9.69. The van der Waals surface area contributed by atoms with Crippen molar-refractivity contribution in [2.24, 2.45) is 5.92 Å². The van der Waals surface area contributed by atoms with E-state index < -0.39 is 30.0 Å². The molecular weight excluding hydrogens is 441 g/mol. The topological polar surface area (TPSA) is 57.3 Å². The van der Waals surface area contributed by atoms with Crippen molar-refractivity contribution >= 4 is 5.91 Å². The van der Waals surface area contributed by atoms with Gasteiger partial charge >= 0.3 is 6.18 Å². The Morgan fingerprint density at radius 3 is 2.68 bits per heavy atom. The number of aromatic nitrogens is 1. The molecule has 4 unspecified atom stereocenters. The molecule has 0 saturated carbocycles. The zero-order valence-electron chi connectivity index (χ0n) is 19.4. The Balaban J connectivity index is 1.44. The predicted octanol–water partition coefficient (Wildman–Crippen LogP) is 3.68. The van der Waals surface area contributed by atoms with Crippen LogP contribution in [0.15, 0.2) is 42.5 Å². The summed E-state index contributed by atoms with van der Waals surface area (Å²) in [5.41, 5.74) is 3.45. The van der Waals surface area contributed by atoms with Crippen molar-refractivity contribution in [1.29, 1.82) is 0 Å². The van der Waals surface area contributed by atoms with Crippen molar-refractivity contribution < 1.29 is 18.0 Å². The van der Waals surface area contributed by atoms with E-state index in [4.69, 9.17) is 0 Å². The summed E-state index contributed by atoms with van der Waals surface area (Å²) in [7, 11) is 0. The molecule has 2 saturated heterocycles. The van der Waals surface area contributed by atoms with Crippen LogP contribution < -0.4 is 10.6 Å². The van der Waals surface area contributed by atoms with Crippen LogP contribution in [-0.4, -0.2) is 54.2 Å². The number of piperidine rings is 1. The van der Waals surface area contributed by atoms with Crippen molar-refractivity contribution in [3.8, 4) is 0 Å². The second kappa shape index (κ2) is 8.96. The second-order valence-electron chi connectivity index (χ2n) is 10.0. The summed E-state index contributed by atoms with van der Waals surface area (Å²) in [6.07, 6.45) is -4.29. The van der Waals surface area contributed by atoms with E-state index in [2.05, 4.69) is 21.7 Å². The number of hydrogen-bond acceptors (Lipinski definition) is 4. The van der Waals surface area contributed by atoms with Crippen LogP contribution in [0.1, 0.15) is 47.7 Å². The molecule has 34 heavy (non-hydrogen) atoms. The molecule has 1 amide bonds. The average molecular weight is 473 g/mol. The SMILES string of the molecule is Cc1ccc2c(n1)CNCC21CNCC1C(=O)N1CCC(c2ccccc2)CC1CC(F)(F)F. The van der Waals surface area contributed by atoms with Gasteiger partial charge in [0.05, 0.1) is 18.0 Å². The Morgan fingerprint density at radius 2 is 1.91 bits per heavy atom. The minimum atomic E-state index is -4.33. The van der Waals surface area contributed by atoms with Crippen LogP contribution in [0.4, 0.5) is 13.2 Å². The Morgan fingerprint density at radius 1 is 1.15 bits per heavy atom. The van der Waals surface area contributed by atoms with Crippen molar-refractivity contribution in [3.05, 3.63) is 65.0 Å². The summed E-state index contributed by atoms with van der Waals surface area (Å²) in [6, 6.07) is 12.9. The highest BCUT2D eigenvalue weighted by Gasteiger charge is 2.53. The number of alkyl halides is 3. The number of amides is 1. The summed E-state index contributed by atoms with van der Waals surface area (Å²) in [5.74, 6) is -0.564. The third kappa shape index (κ3) is 4.33. The highest BCUT2D eigenvalue weighted by Crippen LogP contribution is 2.43. The Kier molecular flexibility index (Phi) is 6.14. The number of carbonyl (C=O) groups is 1. The molecule has 5 rings (SSSR count). The molecule has 1 spiro atoms. The van der Waals surface area contributed by atoms with E-state index in [1.807, 2.05) is 43.3 Å². The third-order valence-electron chi connectivity index (χ3n) is 7.87. The van der Waals surface area contributed by atoms with Crippen LogP contribution in [0.25, 0.3) is 0 Å². The van der Waals surface area contributed by atoms with Gasteiger partial charge in [0.15, 0.2) is 0 Å². The minimum absolute atomic E-state index is 0.0255. The number of nitrogens with zero attached hydrogens (tertiary/aromatic N) is 2. The molecule has 0 bridgehead atoms. The first-order valence-corrected chi connectivity index (χ1v) is 12.1. The van der Waals surface area contributed by atoms with Gasteiger partial charge in [0.1, 0.15) is 0 Å². The molecule has 182 valence electrons. The van der Waals surface area contributed by atoms with E-state index in [-0.39, 0.29) is 11.8 Å². The molecule has 0 aliphatic carbocycles. The molecule has 0 radical (unpaired) electrons. The first kappa shape index (κ1) is 23.3. The summed E-state index contributed by atoms with van der Waals surface area (Å²) in [5, 5.41) is 6.78. The normalized spacial score (nSPS) is 29.3. The molecule has 2 aromatic rings. The lowest BCUT2D eigenvalue weighted by molar-refractivity contribution is -0.160. The molecule has 3 aliphatic rings. The van der Waals surface area contributed by atoms with E-state index in [1.165, 1.54) is 0 Å². The number of fused-ring (bicyclic) bond motifs is 2. The zero-order valence-corrected chi connectivity index (χ0v) is 19.4. The first-order chi connectivity index (χ1) is 16.3. The molecule has 8 heteroatoms. The van der Waals surface area contributed by atoms with Gasteiger partial charge in [-0.25, -0.2) is 0 Å². The number of halogens is 3. The second-order valence-corrected chi connectivity index (χ2v) is 10.0. The van der Waals surface area contributed by atoms with Gasteiger partial charge in [-0.05, 0) is 42.9 Å². The fourth-order valence-electron chi connectivity index (χ4n) is 6.28. The summed E-state index contributed by atoms with van der Waals surface area (Å²) in [4.78, 5) is 20.2. The fraction of sp³-hybridized carbons (Fsp3) is 0.538. The van der Waals surface area contributed by atoms with Gasteiger partial charge < -0.3 is 15.5 Å². The highest BCUT2D eigenvalue weighted by atomic mass is 19.4. The van der Waals surface area contributed by atoms with E-state index in [0.29, 0.717) is 45.6 Å². The maximum absolute atomic E-state index is 14.0. The van der Waals surface area contributed by atoms with Crippen LogP contribution in [0.3, 0.4) is 0 Å². The van der Waals surface area contributed by atoms with Gasteiger partial charge in [-0.15, -0.1) is 0 Å². The van der Waals surface area contributed by atoms with Crippen LogP contribution >= 0.6 is 0 Å². The molecule has 4 heterocycles. The number of hydrogen-bond donors (Lipinski definition) is 2. The molecule has 1 aromatic carbocycles. The standard InChI is InChI=1S/C26H31F3N4O/c1-17-7-8-21-23(32-17)14-31-16-25(21)15-30-13-22(25)24(34)33-10-9-19(18-5-3-2-4-6-18)11-20(33)12-26(27,28)29/h2-8,19-20,22,30-31H,9-16H2,1H3. The summed E-state index contributed by atoms with van der Waals surface area (Å²) in [6.45, 7) is 4.61. The fourth-order valence-corrected chi connectivity index (χ4v) is 6.28. The van der Waals surface area contributed by atoms with Gasteiger partial charge in [0, 0.05) is 49.9 Å². The first-order valence-electron chi connectivity index (χ1n) is 12.1. The van der Waals surface area contributed by atoms with Crippen LogP contribution in [0, 0.1) is 12.8 Å². The Hall–Kier alpha value is -2.45. The zero-order chi connectivity index (χ0) is 23.9. The monoisotopic (exact) mass is 472 g/mol.